The number of fused-ring (bicyclic) bond motifs is 1. The molecule has 3 heterocycles. The van der Waals surface area contributed by atoms with E-state index in [0.717, 1.165) is 51.4 Å². The molecule has 0 spiro atoms. The van der Waals surface area contributed by atoms with Gasteiger partial charge in [-0.2, -0.15) is 4.31 Å². The Morgan fingerprint density at radius 1 is 0.938 bits per heavy atom. The molecule has 2 fully saturated rings. The van der Waals surface area contributed by atoms with Crippen LogP contribution in [-0.4, -0.2) is 48.9 Å². The van der Waals surface area contributed by atoms with Crippen LogP contribution in [0.4, 0.5) is 5.82 Å². The van der Waals surface area contributed by atoms with E-state index in [9.17, 15) is 8.42 Å². The van der Waals surface area contributed by atoms with Crippen molar-refractivity contribution in [3.8, 4) is 0 Å². The number of aryl methyl sites for hydroxylation is 5. The minimum atomic E-state index is -3.53. The Morgan fingerprint density at radius 3 is 2.16 bits per heavy atom. The van der Waals surface area contributed by atoms with Crippen molar-refractivity contribution in [3.05, 3.63) is 45.1 Å². The van der Waals surface area contributed by atoms with Gasteiger partial charge in [-0.05, 0) is 64.2 Å². The molecular weight excluding hydrogens is 440 g/mol. The molecule has 0 amide bonds. The van der Waals surface area contributed by atoms with E-state index in [1.165, 1.54) is 10.4 Å². The highest BCUT2D eigenvalue weighted by Crippen LogP contribution is 2.42. The largest absolute Gasteiger partial charge is 0.353 e. The van der Waals surface area contributed by atoms with E-state index in [-0.39, 0.29) is 0 Å². The highest BCUT2D eigenvalue weighted by atomic mass is 32.2. The predicted molar refractivity (Wildman–Crippen MR) is 130 cm³/mol. The molecule has 1 aromatic carbocycles. The van der Waals surface area contributed by atoms with Crippen LogP contribution in [0.3, 0.4) is 0 Å². The van der Waals surface area contributed by atoms with E-state index in [1.807, 2.05) is 32.9 Å². The number of nitrogens with zero attached hydrogens (tertiary/aromatic N) is 4. The Kier molecular flexibility index (Phi) is 5.30. The lowest BCUT2D eigenvalue weighted by atomic mass is 10.1. The lowest BCUT2D eigenvalue weighted by Crippen LogP contribution is -2.49. The van der Waals surface area contributed by atoms with Crippen molar-refractivity contribution >= 4 is 37.4 Å². The van der Waals surface area contributed by atoms with Gasteiger partial charge in [0.15, 0.2) is 0 Å². The molecule has 170 valence electrons. The molecule has 1 saturated heterocycles. The van der Waals surface area contributed by atoms with Gasteiger partial charge in [0.1, 0.15) is 16.5 Å². The summed E-state index contributed by atoms with van der Waals surface area (Å²) in [6.07, 6.45) is 2.32. The lowest BCUT2D eigenvalue weighted by molar-refractivity contribution is 0.383. The first kappa shape index (κ1) is 21.8. The second-order valence-electron chi connectivity index (χ2n) is 9.26. The molecular formula is C24H30N4O2S2. The standard InChI is InChI=1S/C24H30N4O2S2/c1-14-12-15(2)21(16(3)13-14)32(29,30)28-10-8-27(9-11-28)23-20-17(4)18(5)31-24(20)26-22(25-23)19-6-7-19/h12-13,19H,6-11H2,1-5H3. The number of piperazine rings is 1. The van der Waals surface area contributed by atoms with Crippen LogP contribution in [-0.2, 0) is 10.0 Å². The van der Waals surface area contributed by atoms with Crippen molar-refractivity contribution in [2.75, 3.05) is 31.1 Å². The SMILES string of the molecule is Cc1cc(C)c(S(=O)(=O)N2CCN(c3nc(C4CC4)nc4sc(C)c(C)c34)CC2)c(C)c1. The molecule has 0 atom stereocenters. The Balaban J connectivity index is 1.45. The van der Waals surface area contributed by atoms with Gasteiger partial charge in [0.2, 0.25) is 10.0 Å². The van der Waals surface area contributed by atoms with Crippen LogP contribution in [0.5, 0.6) is 0 Å². The van der Waals surface area contributed by atoms with Crippen LogP contribution >= 0.6 is 11.3 Å². The molecule has 0 N–H and O–H groups in total. The Morgan fingerprint density at radius 2 is 1.56 bits per heavy atom. The Bertz CT molecular complexity index is 1290. The van der Waals surface area contributed by atoms with E-state index in [2.05, 4.69) is 18.7 Å². The summed E-state index contributed by atoms with van der Waals surface area (Å²) in [5.74, 6) is 2.42. The Labute approximate surface area is 194 Å². The molecule has 8 heteroatoms. The average molecular weight is 471 g/mol. The zero-order valence-corrected chi connectivity index (χ0v) is 21.0. The van der Waals surface area contributed by atoms with Crippen LogP contribution in [0, 0.1) is 34.6 Å². The van der Waals surface area contributed by atoms with Gasteiger partial charge in [0, 0.05) is 37.0 Å². The zero-order chi connectivity index (χ0) is 22.8. The summed E-state index contributed by atoms with van der Waals surface area (Å²) in [6.45, 7) is 12.2. The molecule has 32 heavy (non-hydrogen) atoms. The molecule has 6 nitrogen and oxygen atoms in total. The van der Waals surface area contributed by atoms with Crippen molar-refractivity contribution in [1.29, 1.82) is 0 Å². The maximum atomic E-state index is 13.5. The van der Waals surface area contributed by atoms with Gasteiger partial charge in [0.05, 0.1) is 10.3 Å². The van der Waals surface area contributed by atoms with Gasteiger partial charge in [-0.25, -0.2) is 18.4 Å². The number of aromatic nitrogens is 2. The van der Waals surface area contributed by atoms with Gasteiger partial charge >= 0.3 is 0 Å². The minimum Gasteiger partial charge on any atom is -0.353 e. The molecule has 0 bridgehead atoms. The molecule has 1 saturated carbocycles. The fourth-order valence-electron chi connectivity index (χ4n) is 4.84. The van der Waals surface area contributed by atoms with Crippen LogP contribution in [0.25, 0.3) is 10.2 Å². The third kappa shape index (κ3) is 3.62. The molecule has 0 unspecified atom stereocenters. The first-order valence-electron chi connectivity index (χ1n) is 11.3. The van der Waals surface area contributed by atoms with E-state index >= 15 is 0 Å². The maximum absolute atomic E-state index is 13.5. The fourth-order valence-corrected chi connectivity index (χ4v) is 7.71. The minimum absolute atomic E-state index is 0.460. The smallest absolute Gasteiger partial charge is 0.243 e. The quantitative estimate of drug-likeness (QED) is 0.557. The molecule has 2 aliphatic rings. The van der Waals surface area contributed by atoms with Crippen molar-refractivity contribution < 1.29 is 8.42 Å². The van der Waals surface area contributed by atoms with Crippen molar-refractivity contribution in [2.24, 2.45) is 0 Å². The monoisotopic (exact) mass is 470 g/mol. The van der Waals surface area contributed by atoms with Crippen molar-refractivity contribution in [2.45, 2.75) is 58.3 Å². The summed E-state index contributed by atoms with van der Waals surface area (Å²) < 4.78 is 28.6. The van der Waals surface area contributed by atoms with Crippen molar-refractivity contribution in [3.63, 3.8) is 0 Å². The number of sulfonamides is 1. The summed E-state index contributed by atoms with van der Waals surface area (Å²) in [6, 6.07) is 3.91. The average Bonchev–Trinajstić information content (AvgIpc) is 3.53. The van der Waals surface area contributed by atoms with Gasteiger partial charge in [0.25, 0.3) is 0 Å². The number of anilines is 1. The summed E-state index contributed by atoms with van der Waals surface area (Å²) in [5.41, 5.74) is 3.97. The summed E-state index contributed by atoms with van der Waals surface area (Å²) >= 11 is 1.74. The van der Waals surface area contributed by atoms with E-state index in [0.29, 0.717) is 37.0 Å². The predicted octanol–water partition coefficient (Wildman–Crippen LogP) is 4.62. The Hall–Kier alpha value is -2.03. The number of hydrogen-bond acceptors (Lipinski definition) is 6. The van der Waals surface area contributed by atoms with Gasteiger partial charge in [-0.3, -0.25) is 0 Å². The summed E-state index contributed by atoms with van der Waals surface area (Å²) in [5, 5.41) is 1.14. The van der Waals surface area contributed by atoms with E-state index in [1.54, 1.807) is 15.6 Å². The third-order valence-electron chi connectivity index (χ3n) is 6.71. The van der Waals surface area contributed by atoms with Crippen LogP contribution in [0.15, 0.2) is 17.0 Å². The number of rotatable bonds is 4. The second-order valence-corrected chi connectivity index (χ2v) is 12.3. The van der Waals surface area contributed by atoms with Crippen LogP contribution in [0.2, 0.25) is 0 Å². The summed E-state index contributed by atoms with van der Waals surface area (Å²) in [4.78, 5) is 14.9. The highest BCUT2D eigenvalue weighted by molar-refractivity contribution is 7.89. The normalized spacial score (nSPS) is 18.0. The highest BCUT2D eigenvalue weighted by Gasteiger charge is 2.33. The molecule has 1 aliphatic carbocycles. The molecule has 1 aliphatic heterocycles. The number of benzene rings is 1. The molecule has 2 aromatic heterocycles. The number of hydrogen-bond donors (Lipinski definition) is 0. The third-order valence-corrected chi connectivity index (χ3v) is 10.0. The van der Waals surface area contributed by atoms with Gasteiger partial charge < -0.3 is 4.90 Å². The maximum Gasteiger partial charge on any atom is 0.243 e. The zero-order valence-electron chi connectivity index (χ0n) is 19.4. The van der Waals surface area contributed by atoms with Crippen molar-refractivity contribution in [1.82, 2.24) is 14.3 Å². The molecule has 5 rings (SSSR count). The van der Waals surface area contributed by atoms with E-state index < -0.39 is 10.0 Å². The number of thiophene rings is 1. The molecule has 3 aromatic rings. The first-order chi connectivity index (χ1) is 15.2. The van der Waals surface area contributed by atoms with Gasteiger partial charge in [-0.1, -0.05) is 17.7 Å². The van der Waals surface area contributed by atoms with Crippen LogP contribution < -0.4 is 4.90 Å². The summed E-state index contributed by atoms with van der Waals surface area (Å²) in [7, 11) is -3.53. The lowest BCUT2D eigenvalue weighted by Gasteiger charge is -2.35. The van der Waals surface area contributed by atoms with Crippen LogP contribution in [0.1, 0.15) is 51.7 Å². The van der Waals surface area contributed by atoms with E-state index in [4.69, 9.17) is 9.97 Å². The fraction of sp³-hybridized carbons (Fsp3) is 0.500. The van der Waals surface area contributed by atoms with Gasteiger partial charge in [-0.15, -0.1) is 11.3 Å². The molecule has 0 radical (unpaired) electrons. The second kappa shape index (κ2) is 7.78. The topological polar surface area (TPSA) is 66.4 Å². The first-order valence-corrected chi connectivity index (χ1v) is 13.5.